The number of thiazole rings is 1. The number of benzene rings is 2. The van der Waals surface area contributed by atoms with Gasteiger partial charge in [-0.3, -0.25) is 4.79 Å². The van der Waals surface area contributed by atoms with Crippen molar-refractivity contribution < 1.29 is 4.79 Å². The topological polar surface area (TPSA) is 57.0 Å². The lowest BCUT2D eigenvalue weighted by molar-refractivity contribution is -0.131. The van der Waals surface area contributed by atoms with E-state index in [1.165, 1.54) is 0 Å². The quantitative estimate of drug-likeness (QED) is 0.573. The van der Waals surface area contributed by atoms with Gasteiger partial charge < -0.3 is 4.90 Å². The van der Waals surface area contributed by atoms with Crippen molar-refractivity contribution in [3.8, 4) is 17.3 Å². The number of carbonyl (C=O) groups excluding carboxylic acids is 1. The fourth-order valence-corrected chi connectivity index (χ4v) is 3.66. The van der Waals surface area contributed by atoms with Gasteiger partial charge in [0.2, 0.25) is 5.91 Å². The molecule has 0 aliphatic carbocycles. The molecule has 3 aromatic rings. The third-order valence-electron chi connectivity index (χ3n) is 4.53. The molecule has 0 unspecified atom stereocenters. The lowest BCUT2D eigenvalue weighted by Crippen LogP contribution is -2.32. The van der Waals surface area contributed by atoms with E-state index in [1.807, 2.05) is 48.2 Å². The highest BCUT2D eigenvalue weighted by molar-refractivity contribution is 7.09. The molecule has 3 rings (SSSR count). The number of nitriles is 1. The largest absolute Gasteiger partial charge is 0.338 e. The van der Waals surface area contributed by atoms with Crippen molar-refractivity contribution in [3.05, 3.63) is 75.6 Å². The van der Waals surface area contributed by atoms with Crippen LogP contribution in [-0.4, -0.2) is 22.3 Å². The molecule has 0 bridgehead atoms. The maximum atomic E-state index is 12.9. The average Bonchev–Trinajstić information content (AvgIpc) is 3.15. The normalized spacial score (nSPS) is 10.5. The minimum absolute atomic E-state index is 0.114. The second kappa shape index (κ2) is 9.29. The Bertz CT molecular complexity index is 968. The highest BCUT2D eigenvalue weighted by atomic mass is 32.1. The summed E-state index contributed by atoms with van der Waals surface area (Å²) < 4.78 is 0. The Morgan fingerprint density at radius 3 is 2.36 bits per heavy atom. The van der Waals surface area contributed by atoms with Crippen LogP contribution in [0.2, 0.25) is 0 Å². The minimum Gasteiger partial charge on any atom is -0.338 e. The van der Waals surface area contributed by atoms with E-state index >= 15 is 0 Å². The van der Waals surface area contributed by atoms with Gasteiger partial charge in [-0.2, -0.15) is 5.26 Å². The number of hydrogen-bond acceptors (Lipinski definition) is 4. The lowest BCUT2D eigenvalue weighted by atomic mass is 10.1. The average molecular weight is 390 g/mol. The molecular weight excluding hydrogens is 366 g/mol. The first-order valence-electron chi connectivity index (χ1n) is 9.37. The fraction of sp³-hybridized carbons (Fsp3) is 0.261. The first kappa shape index (κ1) is 19.8. The molecular formula is C23H23N3OS. The van der Waals surface area contributed by atoms with E-state index < -0.39 is 0 Å². The number of nitrogens with zero attached hydrogens (tertiary/aromatic N) is 3. The molecule has 2 aromatic carbocycles. The van der Waals surface area contributed by atoms with Crippen LogP contribution < -0.4 is 0 Å². The molecule has 0 saturated heterocycles. The Morgan fingerprint density at radius 1 is 1.11 bits per heavy atom. The summed E-state index contributed by atoms with van der Waals surface area (Å²) in [6.45, 7) is 5.35. The summed E-state index contributed by atoms with van der Waals surface area (Å²) in [5.41, 5.74) is 4.72. The van der Waals surface area contributed by atoms with Gasteiger partial charge in [0.05, 0.1) is 28.8 Å². The highest BCUT2D eigenvalue weighted by Crippen LogP contribution is 2.22. The van der Waals surface area contributed by atoms with Gasteiger partial charge in [-0.15, -0.1) is 11.3 Å². The molecule has 1 heterocycles. The summed E-state index contributed by atoms with van der Waals surface area (Å²) in [6, 6.07) is 17.6. The Labute approximate surface area is 170 Å². The van der Waals surface area contributed by atoms with Crippen molar-refractivity contribution in [3.63, 3.8) is 0 Å². The highest BCUT2D eigenvalue weighted by Gasteiger charge is 2.14. The minimum atomic E-state index is 0.114. The second-order valence-electron chi connectivity index (χ2n) is 6.75. The number of aromatic nitrogens is 1. The van der Waals surface area contributed by atoms with Crippen LogP contribution in [0.15, 0.2) is 53.9 Å². The van der Waals surface area contributed by atoms with E-state index in [9.17, 15) is 4.79 Å². The number of rotatable bonds is 7. The second-order valence-corrected chi connectivity index (χ2v) is 7.81. The third-order valence-corrected chi connectivity index (χ3v) is 5.30. The SMILES string of the molecule is CCCN(Cc1ccc(C#N)cc1)C(=O)Cc1ccc(-c2csc(C)n2)cc1. The van der Waals surface area contributed by atoms with Gasteiger partial charge in [0, 0.05) is 24.0 Å². The molecule has 0 saturated carbocycles. The molecule has 0 atom stereocenters. The van der Waals surface area contributed by atoms with Crippen LogP contribution in [0.5, 0.6) is 0 Å². The summed E-state index contributed by atoms with van der Waals surface area (Å²) in [4.78, 5) is 19.2. The van der Waals surface area contributed by atoms with E-state index in [-0.39, 0.29) is 5.91 Å². The van der Waals surface area contributed by atoms with Gasteiger partial charge in [-0.05, 0) is 36.6 Å². The number of carbonyl (C=O) groups is 1. The van der Waals surface area contributed by atoms with Crippen LogP contribution in [0, 0.1) is 18.3 Å². The van der Waals surface area contributed by atoms with E-state index in [0.717, 1.165) is 40.4 Å². The zero-order chi connectivity index (χ0) is 19.9. The predicted molar refractivity (Wildman–Crippen MR) is 113 cm³/mol. The van der Waals surface area contributed by atoms with Gasteiger partial charge in [0.25, 0.3) is 0 Å². The monoisotopic (exact) mass is 389 g/mol. The van der Waals surface area contributed by atoms with Crippen molar-refractivity contribution in [2.75, 3.05) is 6.54 Å². The molecule has 1 amide bonds. The lowest BCUT2D eigenvalue weighted by Gasteiger charge is -2.22. The Kier molecular flexibility index (Phi) is 6.57. The Balaban J connectivity index is 1.66. The van der Waals surface area contributed by atoms with Crippen LogP contribution in [-0.2, 0) is 17.8 Å². The molecule has 0 fully saturated rings. The fourth-order valence-electron chi connectivity index (χ4n) is 3.04. The molecule has 5 heteroatoms. The van der Waals surface area contributed by atoms with Crippen LogP contribution in [0.1, 0.15) is 35.0 Å². The summed E-state index contributed by atoms with van der Waals surface area (Å²) in [6.07, 6.45) is 1.29. The standard InChI is InChI=1S/C23H23N3OS/c1-3-12-26(15-20-6-4-19(14-24)5-7-20)23(27)13-18-8-10-21(11-9-18)22-16-28-17(2)25-22/h4-11,16H,3,12-13,15H2,1-2H3. The zero-order valence-electron chi connectivity index (χ0n) is 16.2. The Morgan fingerprint density at radius 2 is 1.79 bits per heavy atom. The van der Waals surface area contributed by atoms with E-state index in [1.54, 1.807) is 23.5 Å². The number of aryl methyl sites for hydroxylation is 1. The summed E-state index contributed by atoms with van der Waals surface area (Å²) in [5.74, 6) is 0.114. The number of hydrogen-bond donors (Lipinski definition) is 0. The molecule has 0 N–H and O–H groups in total. The van der Waals surface area contributed by atoms with Crippen molar-refractivity contribution in [2.45, 2.75) is 33.2 Å². The molecule has 28 heavy (non-hydrogen) atoms. The first-order valence-corrected chi connectivity index (χ1v) is 10.2. The molecule has 0 aliphatic rings. The van der Waals surface area contributed by atoms with Gasteiger partial charge in [-0.25, -0.2) is 4.98 Å². The Hall–Kier alpha value is -2.97. The smallest absolute Gasteiger partial charge is 0.227 e. The van der Waals surface area contributed by atoms with Gasteiger partial charge >= 0.3 is 0 Å². The molecule has 0 spiro atoms. The molecule has 0 aliphatic heterocycles. The predicted octanol–water partition coefficient (Wildman–Crippen LogP) is 4.97. The van der Waals surface area contributed by atoms with Crippen molar-refractivity contribution in [1.29, 1.82) is 5.26 Å². The van der Waals surface area contributed by atoms with Gasteiger partial charge in [0.15, 0.2) is 0 Å². The van der Waals surface area contributed by atoms with E-state index in [2.05, 4.69) is 23.4 Å². The van der Waals surface area contributed by atoms with Crippen LogP contribution >= 0.6 is 11.3 Å². The maximum Gasteiger partial charge on any atom is 0.227 e. The molecule has 4 nitrogen and oxygen atoms in total. The summed E-state index contributed by atoms with van der Waals surface area (Å²) >= 11 is 1.64. The summed E-state index contributed by atoms with van der Waals surface area (Å²) in [7, 11) is 0. The first-order chi connectivity index (χ1) is 13.6. The van der Waals surface area contributed by atoms with Crippen LogP contribution in [0.3, 0.4) is 0 Å². The van der Waals surface area contributed by atoms with E-state index in [4.69, 9.17) is 5.26 Å². The van der Waals surface area contributed by atoms with Crippen molar-refractivity contribution in [1.82, 2.24) is 9.88 Å². The van der Waals surface area contributed by atoms with Gasteiger partial charge in [0.1, 0.15) is 0 Å². The molecule has 0 radical (unpaired) electrons. The molecule has 1 aromatic heterocycles. The van der Waals surface area contributed by atoms with Gasteiger partial charge in [-0.1, -0.05) is 43.3 Å². The van der Waals surface area contributed by atoms with Crippen molar-refractivity contribution >= 4 is 17.2 Å². The van der Waals surface area contributed by atoms with Crippen LogP contribution in [0.4, 0.5) is 0 Å². The maximum absolute atomic E-state index is 12.9. The number of amides is 1. The molecule has 142 valence electrons. The van der Waals surface area contributed by atoms with Crippen LogP contribution in [0.25, 0.3) is 11.3 Å². The van der Waals surface area contributed by atoms with E-state index in [0.29, 0.717) is 18.5 Å². The van der Waals surface area contributed by atoms with Crippen molar-refractivity contribution in [2.24, 2.45) is 0 Å². The summed E-state index contributed by atoms with van der Waals surface area (Å²) in [5, 5.41) is 12.0. The third kappa shape index (κ3) is 5.05. The zero-order valence-corrected chi connectivity index (χ0v) is 17.0.